The molecule has 0 fully saturated rings. The molecule has 0 saturated carbocycles. The van der Waals surface area contributed by atoms with Crippen LogP contribution < -0.4 is 0 Å². The molecule has 1 unspecified atom stereocenters. The molecular weight excluding hydrogens is 126 g/mol. The number of hydrogen-bond acceptors (Lipinski definition) is 2. The number of rotatable bonds is 1. The largest absolute Gasteiger partial charge is 0.315 e. The first-order chi connectivity index (χ1) is 4.75. The van der Waals surface area contributed by atoms with Crippen LogP contribution in [0.25, 0.3) is 0 Å². The maximum absolute atomic E-state index is 7.36. The summed E-state index contributed by atoms with van der Waals surface area (Å²) in [5.74, 6) is 0.411. The predicted octanol–water partition coefficient (Wildman–Crippen LogP) is 1.22. The van der Waals surface area contributed by atoms with Crippen molar-refractivity contribution in [3.05, 3.63) is 12.2 Å². The first-order valence-corrected chi connectivity index (χ1v) is 3.29. The van der Waals surface area contributed by atoms with E-state index < -0.39 is 0 Å². The smallest absolute Gasteiger partial charge is 0.125 e. The first-order valence-electron chi connectivity index (χ1n) is 3.29. The van der Waals surface area contributed by atoms with Crippen molar-refractivity contribution in [2.75, 3.05) is 0 Å². The van der Waals surface area contributed by atoms with Crippen LogP contribution in [0.15, 0.2) is 12.2 Å². The topological polar surface area (TPSA) is 50.9 Å². The molecule has 3 heteroatoms. The van der Waals surface area contributed by atoms with Crippen molar-refractivity contribution in [2.24, 2.45) is 0 Å². The Bertz CT molecular complexity index is 183. The summed E-state index contributed by atoms with van der Waals surface area (Å²) in [4.78, 5) is 1.64. The molecule has 0 aromatic carbocycles. The summed E-state index contributed by atoms with van der Waals surface area (Å²) >= 11 is 0. The van der Waals surface area contributed by atoms with Gasteiger partial charge in [-0.05, 0) is 19.4 Å². The summed E-state index contributed by atoms with van der Waals surface area (Å²) < 4.78 is 0. The Balaban J connectivity index is 2.77. The zero-order valence-electron chi connectivity index (χ0n) is 5.96. The highest BCUT2D eigenvalue weighted by Gasteiger charge is 2.14. The molecule has 10 heavy (non-hydrogen) atoms. The molecule has 0 aliphatic carbocycles. The van der Waals surface area contributed by atoms with Gasteiger partial charge in [0.1, 0.15) is 5.84 Å². The maximum atomic E-state index is 7.36. The first kappa shape index (κ1) is 6.99. The van der Waals surface area contributed by atoms with Crippen LogP contribution in [0, 0.1) is 10.8 Å². The van der Waals surface area contributed by atoms with E-state index in [2.05, 4.69) is 0 Å². The summed E-state index contributed by atoms with van der Waals surface area (Å²) in [6, 6.07) is 0.273. The third-order valence-corrected chi connectivity index (χ3v) is 1.65. The SMILES string of the molecule is CC1CC=CC(=N)N1C=N. The summed E-state index contributed by atoms with van der Waals surface area (Å²) in [5.41, 5.74) is 0. The van der Waals surface area contributed by atoms with Gasteiger partial charge in [-0.15, -0.1) is 0 Å². The minimum absolute atomic E-state index is 0.273. The number of hydrogen-bond donors (Lipinski definition) is 2. The second-order valence-corrected chi connectivity index (χ2v) is 2.41. The fraction of sp³-hybridized carbons (Fsp3) is 0.429. The van der Waals surface area contributed by atoms with E-state index in [9.17, 15) is 0 Å². The zero-order valence-corrected chi connectivity index (χ0v) is 5.96. The highest BCUT2D eigenvalue weighted by atomic mass is 15.2. The van der Waals surface area contributed by atoms with E-state index in [0.29, 0.717) is 5.84 Å². The van der Waals surface area contributed by atoms with E-state index in [1.807, 2.05) is 13.0 Å². The van der Waals surface area contributed by atoms with E-state index in [1.54, 1.807) is 11.0 Å². The molecule has 0 aromatic rings. The van der Waals surface area contributed by atoms with Crippen LogP contribution in [0.2, 0.25) is 0 Å². The molecule has 1 atom stereocenters. The molecule has 2 N–H and O–H groups in total. The minimum atomic E-state index is 0.273. The Hall–Kier alpha value is -1.12. The maximum Gasteiger partial charge on any atom is 0.125 e. The fourth-order valence-electron chi connectivity index (χ4n) is 1.01. The minimum Gasteiger partial charge on any atom is -0.315 e. The average Bonchev–Trinajstić information content (AvgIpc) is 1.88. The highest BCUT2D eigenvalue weighted by Crippen LogP contribution is 2.08. The Morgan fingerprint density at radius 1 is 1.80 bits per heavy atom. The van der Waals surface area contributed by atoms with Crippen LogP contribution in [-0.4, -0.2) is 23.1 Å². The van der Waals surface area contributed by atoms with E-state index in [0.717, 1.165) is 6.42 Å². The van der Waals surface area contributed by atoms with Crippen LogP contribution in [0.1, 0.15) is 13.3 Å². The van der Waals surface area contributed by atoms with E-state index >= 15 is 0 Å². The van der Waals surface area contributed by atoms with Crippen molar-refractivity contribution >= 4 is 12.2 Å². The average molecular weight is 137 g/mol. The molecule has 1 rings (SSSR count). The van der Waals surface area contributed by atoms with Gasteiger partial charge in [-0.25, -0.2) is 0 Å². The normalized spacial score (nSPS) is 25.1. The number of amidine groups is 1. The Morgan fingerprint density at radius 2 is 2.50 bits per heavy atom. The monoisotopic (exact) mass is 137 g/mol. The van der Waals surface area contributed by atoms with Gasteiger partial charge in [0.15, 0.2) is 0 Å². The molecule has 0 radical (unpaired) electrons. The molecule has 54 valence electrons. The van der Waals surface area contributed by atoms with Gasteiger partial charge in [0, 0.05) is 6.04 Å². The standard InChI is InChI=1S/C7H11N3/c1-6-3-2-4-7(9)10(6)5-8/h2,4-6,8-9H,3H2,1H3. The lowest BCUT2D eigenvalue weighted by molar-refractivity contribution is 0.468. The van der Waals surface area contributed by atoms with Crippen molar-refractivity contribution in [2.45, 2.75) is 19.4 Å². The van der Waals surface area contributed by atoms with Crippen molar-refractivity contribution in [3.63, 3.8) is 0 Å². The quantitative estimate of drug-likeness (QED) is 0.414. The highest BCUT2D eigenvalue weighted by molar-refractivity contribution is 5.98. The second-order valence-electron chi connectivity index (χ2n) is 2.41. The van der Waals surface area contributed by atoms with Gasteiger partial charge in [0.2, 0.25) is 0 Å². The molecule has 1 heterocycles. The lowest BCUT2D eigenvalue weighted by atomic mass is 10.1. The van der Waals surface area contributed by atoms with Crippen LogP contribution >= 0.6 is 0 Å². The summed E-state index contributed by atoms with van der Waals surface area (Å²) in [7, 11) is 0. The molecule has 0 saturated heterocycles. The Morgan fingerprint density at radius 3 is 2.90 bits per heavy atom. The predicted molar refractivity (Wildman–Crippen MR) is 41.6 cm³/mol. The molecule has 3 nitrogen and oxygen atoms in total. The second kappa shape index (κ2) is 2.64. The van der Waals surface area contributed by atoms with Crippen LogP contribution in [0.5, 0.6) is 0 Å². The Labute approximate surface area is 60.4 Å². The van der Waals surface area contributed by atoms with E-state index in [-0.39, 0.29) is 6.04 Å². The number of nitrogens with zero attached hydrogens (tertiary/aromatic N) is 1. The van der Waals surface area contributed by atoms with Gasteiger partial charge >= 0.3 is 0 Å². The third-order valence-electron chi connectivity index (χ3n) is 1.65. The summed E-state index contributed by atoms with van der Waals surface area (Å²) in [6.07, 6.45) is 5.83. The van der Waals surface area contributed by atoms with Gasteiger partial charge in [0.25, 0.3) is 0 Å². The van der Waals surface area contributed by atoms with Gasteiger partial charge in [-0.2, -0.15) is 0 Å². The molecule has 0 amide bonds. The van der Waals surface area contributed by atoms with E-state index in [1.165, 1.54) is 6.34 Å². The van der Waals surface area contributed by atoms with Crippen molar-refractivity contribution < 1.29 is 0 Å². The molecular formula is C7H11N3. The molecule has 0 bridgehead atoms. The lowest BCUT2D eigenvalue weighted by Gasteiger charge is -2.27. The van der Waals surface area contributed by atoms with Gasteiger partial charge in [0.05, 0.1) is 6.34 Å². The van der Waals surface area contributed by atoms with Crippen LogP contribution in [0.3, 0.4) is 0 Å². The Kier molecular flexibility index (Phi) is 1.85. The molecule has 0 aromatic heterocycles. The van der Waals surface area contributed by atoms with Crippen molar-refractivity contribution in [3.8, 4) is 0 Å². The zero-order chi connectivity index (χ0) is 7.56. The van der Waals surface area contributed by atoms with Crippen molar-refractivity contribution in [1.29, 1.82) is 10.8 Å². The van der Waals surface area contributed by atoms with Crippen LogP contribution in [0.4, 0.5) is 0 Å². The molecule has 1 aliphatic heterocycles. The molecule has 0 spiro atoms. The van der Waals surface area contributed by atoms with Crippen molar-refractivity contribution in [1.82, 2.24) is 4.90 Å². The van der Waals surface area contributed by atoms with E-state index in [4.69, 9.17) is 10.8 Å². The fourth-order valence-corrected chi connectivity index (χ4v) is 1.01. The van der Waals surface area contributed by atoms with Crippen LogP contribution in [-0.2, 0) is 0 Å². The summed E-state index contributed by atoms with van der Waals surface area (Å²) in [6.45, 7) is 2.00. The molecule has 1 aliphatic rings. The van der Waals surface area contributed by atoms with Gasteiger partial charge in [-0.3, -0.25) is 10.8 Å². The summed E-state index contributed by atoms with van der Waals surface area (Å²) in [5, 5.41) is 14.3. The lowest BCUT2D eigenvalue weighted by Crippen LogP contribution is -2.37. The third kappa shape index (κ3) is 1.07. The van der Waals surface area contributed by atoms with Gasteiger partial charge < -0.3 is 4.90 Å². The van der Waals surface area contributed by atoms with Gasteiger partial charge in [-0.1, -0.05) is 6.08 Å². The number of nitrogens with one attached hydrogen (secondary N) is 2.